The van der Waals surface area contributed by atoms with E-state index in [9.17, 15) is 9.59 Å². The highest BCUT2D eigenvalue weighted by atomic mass is 16.5. The molecular formula is C24H27N5O4. The van der Waals surface area contributed by atoms with E-state index in [1.807, 2.05) is 38.1 Å². The second kappa shape index (κ2) is 8.38. The number of amides is 1. The maximum Gasteiger partial charge on any atom is 0.346 e. The summed E-state index contributed by atoms with van der Waals surface area (Å²) in [6.07, 6.45) is 6.13. The van der Waals surface area contributed by atoms with Gasteiger partial charge in [-0.1, -0.05) is 12.1 Å². The molecule has 1 N–H and O–H groups in total. The third-order valence-corrected chi connectivity index (χ3v) is 5.76. The van der Waals surface area contributed by atoms with Crippen LogP contribution < -0.4 is 20.5 Å². The van der Waals surface area contributed by atoms with Crippen molar-refractivity contribution in [1.29, 1.82) is 0 Å². The van der Waals surface area contributed by atoms with Crippen molar-refractivity contribution in [3.63, 3.8) is 0 Å². The van der Waals surface area contributed by atoms with Crippen LogP contribution in [0.5, 0.6) is 11.5 Å². The lowest BCUT2D eigenvalue weighted by atomic mass is 10.0. The Labute approximate surface area is 191 Å². The van der Waals surface area contributed by atoms with Gasteiger partial charge in [-0.05, 0) is 44.9 Å². The van der Waals surface area contributed by atoms with E-state index in [0.717, 1.165) is 30.4 Å². The van der Waals surface area contributed by atoms with Crippen molar-refractivity contribution in [3.05, 3.63) is 58.8 Å². The summed E-state index contributed by atoms with van der Waals surface area (Å²) in [7, 11) is 0. The molecular weight excluding hydrogens is 422 g/mol. The first-order chi connectivity index (χ1) is 15.9. The van der Waals surface area contributed by atoms with Crippen LogP contribution in [-0.4, -0.2) is 44.0 Å². The zero-order valence-corrected chi connectivity index (χ0v) is 18.8. The number of para-hydroxylation sites is 1. The lowest BCUT2D eigenvalue weighted by molar-refractivity contribution is -0.123. The SMILES string of the molecule is CC1(C)Cc2cccc(OCC(=O)NCCn3nc(-c4cccnc4)n(C4CC4)c3=O)c2O1. The molecule has 33 heavy (non-hydrogen) atoms. The molecule has 9 nitrogen and oxygen atoms in total. The minimum Gasteiger partial charge on any atom is -0.483 e. The number of benzene rings is 1. The third kappa shape index (κ3) is 4.48. The lowest BCUT2D eigenvalue weighted by Crippen LogP contribution is -2.34. The standard InChI is InChI=1S/C24H27N5O4/c1-24(2)13-16-5-3-7-19(21(16)33-24)32-15-20(30)26-11-12-28-23(31)29(18-8-9-18)22(27-28)17-6-4-10-25-14-17/h3-7,10,14,18H,8-9,11-13,15H2,1-2H3,(H,26,30). The molecule has 0 atom stereocenters. The van der Waals surface area contributed by atoms with Crippen molar-refractivity contribution in [2.24, 2.45) is 0 Å². The molecule has 1 aliphatic heterocycles. The number of nitrogens with one attached hydrogen (secondary N) is 1. The minimum absolute atomic E-state index is 0.132. The Bertz CT molecular complexity index is 1230. The average molecular weight is 450 g/mol. The highest BCUT2D eigenvalue weighted by Gasteiger charge is 2.32. The number of nitrogens with zero attached hydrogens (tertiary/aromatic N) is 4. The quantitative estimate of drug-likeness (QED) is 0.567. The van der Waals surface area contributed by atoms with Crippen molar-refractivity contribution in [2.75, 3.05) is 13.2 Å². The molecule has 3 heterocycles. The first kappa shape index (κ1) is 21.2. The monoisotopic (exact) mass is 449 g/mol. The van der Waals surface area contributed by atoms with Gasteiger partial charge >= 0.3 is 5.69 Å². The Morgan fingerprint density at radius 1 is 1.27 bits per heavy atom. The number of hydrogen-bond donors (Lipinski definition) is 1. The molecule has 2 aromatic heterocycles. The normalized spacial score (nSPS) is 16.2. The van der Waals surface area contributed by atoms with Crippen LogP contribution in [0.1, 0.15) is 38.3 Å². The van der Waals surface area contributed by atoms with E-state index >= 15 is 0 Å². The van der Waals surface area contributed by atoms with Gasteiger partial charge in [0, 0.05) is 42.5 Å². The Morgan fingerprint density at radius 2 is 2.12 bits per heavy atom. The van der Waals surface area contributed by atoms with Crippen molar-refractivity contribution in [3.8, 4) is 22.9 Å². The molecule has 9 heteroatoms. The van der Waals surface area contributed by atoms with Gasteiger partial charge in [0.1, 0.15) is 5.60 Å². The summed E-state index contributed by atoms with van der Waals surface area (Å²) in [4.78, 5) is 29.4. The summed E-state index contributed by atoms with van der Waals surface area (Å²) in [5, 5.41) is 7.31. The first-order valence-electron chi connectivity index (χ1n) is 11.2. The van der Waals surface area contributed by atoms with Crippen molar-refractivity contribution in [2.45, 2.75) is 51.3 Å². The summed E-state index contributed by atoms with van der Waals surface area (Å²) in [5.41, 5.74) is 1.43. The molecule has 0 unspecified atom stereocenters. The molecule has 1 aliphatic carbocycles. The van der Waals surface area contributed by atoms with Crippen molar-refractivity contribution >= 4 is 5.91 Å². The molecule has 1 aromatic carbocycles. The lowest BCUT2D eigenvalue weighted by Gasteiger charge is -2.18. The van der Waals surface area contributed by atoms with E-state index < -0.39 is 0 Å². The molecule has 1 amide bonds. The summed E-state index contributed by atoms with van der Waals surface area (Å²) in [5.74, 6) is 1.61. The molecule has 0 saturated heterocycles. The van der Waals surface area contributed by atoms with Gasteiger partial charge in [-0.15, -0.1) is 5.10 Å². The molecule has 0 bridgehead atoms. The Balaban J connectivity index is 1.19. The van der Waals surface area contributed by atoms with Gasteiger partial charge in [-0.25, -0.2) is 9.48 Å². The fourth-order valence-electron chi connectivity index (χ4n) is 4.12. The van der Waals surface area contributed by atoms with E-state index in [1.165, 1.54) is 4.68 Å². The zero-order valence-electron chi connectivity index (χ0n) is 18.8. The highest BCUT2D eigenvalue weighted by Crippen LogP contribution is 2.41. The van der Waals surface area contributed by atoms with Crippen LogP contribution in [0.25, 0.3) is 11.4 Å². The maximum atomic E-state index is 12.9. The van der Waals surface area contributed by atoms with Crippen molar-refractivity contribution in [1.82, 2.24) is 24.6 Å². The summed E-state index contributed by atoms with van der Waals surface area (Å²) in [6.45, 7) is 4.46. The van der Waals surface area contributed by atoms with Gasteiger partial charge in [-0.2, -0.15) is 0 Å². The van der Waals surface area contributed by atoms with Crippen LogP contribution in [-0.2, 0) is 17.8 Å². The fourth-order valence-corrected chi connectivity index (χ4v) is 4.12. The molecule has 5 rings (SSSR count). The van der Waals surface area contributed by atoms with Gasteiger partial charge in [0.25, 0.3) is 5.91 Å². The zero-order chi connectivity index (χ0) is 23.0. The summed E-state index contributed by atoms with van der Waals surface area (Å²) in [6, 6.07) is 9.61. The number of ether oxygens (including phenoxy) is 2. The molecule has 3 aromatic rings. The average Bonchev–Trinajstić information content (AvgIpc) is 3.50. The Hall–Kier alpha value is -3.62. The molecule has 0 spiro atoms. The number of aromatic nitrogens is 4. The van der Waals surface area contributed by atoms with Crippen LogP contribution in [0.3, 0.4) is 0 Å². The molecule has 0 radical (unpaired) electrons. The van der Waals surface area contributed by atoms with Crippen LogP contribution in [0.2, 0.25) is 0 Å². The smallest absolute Gasteiger partial charge is 0.346 e. The fraction of sp³-hybridized carbons (Fsp3) is 0.417. The number of carbonyl (C=O) groups excluding carboxylic acids is 1. The van der Waals surface area contributed by atoms with Crippen LogP contribution in [0, 0.1) is 0 Å². The second-order valence-electron chi connectivity index (χ2n) is 9.09. The van der Waals surface area contributed by atoms with Gasteiger partial charge in [-0.3, -0.25) is 14.3 Å². The van der Waals surface area contributed by atoms with E-state index in [4.69, 9.17) is 9.47 Å². The number of rotatable bonds is 8. The van der Waals surface area contributed by atoms with E-state index in [2.05, 4.69) is 15.4 Å². The van der Waals surface area contributed by atoms with Gasteiger partial charge < -0.3 is 14.8 Å². The van der Waals surface area contributed by atoms with Gasteiger partial charge in [0.05, 0.1) is 6.54 Å². The molecule has 1 saturated carbocycles. The van der Waals surface area contributed by atoms with Gasteiger partial charge in [0.2, 0.25) is 0 Å². The third-order valence-electron chi connectivity index (χ3n) is 5.76. The number of carbonyl (C=O) groups is 1. The maximum absolute atomic E-state index is 12.9. The number of fused-ring (bicyclic) bond motifs is 1. The van der Waals surface area contributed by atoms with E-state index in [-0.39, 0.29) is 42.9 Å². The number of pyridine rings is 1. The second-order valence-corrected chi connectivity index (χ2v) is 9.09. The topological polar surface area (TPSA) is 100 Å². The largest absolute Gasteiger partial charge is 0.483 e. The van der Waals surface area contributed by atoms with E-state index in [0.29, 0.717) is 17.3 Å². The molecule has 2 aliphatic rings. The predicted molar refractivity (Wildman–Crippen MR) is 121 cm³/mol. The Morgan fingerprint density at radius 3 is 2.88 bits per heavy atom. The highest BCUT2D eigenvalue weighted by molar-refractivity contribution is 5.77. The van der Waals surface area contributed by atoms with Gasteiger partial charge in [0.15, 0.2) is 23.9 Å². The minimum atomic E-state index is -0.282. The van der Waals surface area contributed by atoms with Crippen LogP contribution >= 0.6 is 0 Å². The number of hydrogen-bond acceptors (Lipinski definition) is 6. The predicted octanol–water partition coefficient (Wildman–Crippen LogP) is 2.35. The summed E-state index contributed by atoms with van der Waals surface area (Å²) >= 11 is 0. The van der Waals surface area contributed by atoms with Crippen LogP contribution in [0.15, 0.2) is 47.5 Å². The molecule has 1 fully saturated rings. The van der Waals surface area contributed by atoms with Crippen LogP contribution in [0.4, 0.5) is 0 Å². The Kier molecular flexibility index (Phi) is 5.39. The first-order valence-corrected chi connectivity index (χ1v) is 11.2. The van der Waals surface area contributed by atoms with Crippen molar-refractivity contribution < 1.29 is 14.3 Å². The van der Waals surface area contributed by atoms with E-state index in [1.54, 1.807) is 23.0 Å². The molecule has 172 valence electrons. The summed E-state index contributed by atoms with van der Waals surface area (Å²) < 4.78 is 14.8.